The zero-order valence-electron chi connectivity index (χ0n) is 68.6. The van der Waals surface area contributed by atoms with Crippen molar-refractivity contribution in [3.63, 3.8) is 0 Å². The normalized spacial score (nSPS) is 12.4. The van der Waals surface area contributed by atoms with Crippen LogP contribution < -0.4 is 76.1 Å². The second-order valence-corrected chi connectivity index (χ2v) is 27.4. The molecule has 7 aromatic rings. The van der Waals surface area contributed by atoms with Gasteiger partial charge in [0.2, 0.25) is 0 Å². The first kappa shape index (κ1) is 93.1. The van der Waals surface area contributed by atoms with Crippen molar-refractivity contribution in [2.24, 2.45) is 0 Å². The van der Waals surface area contributed by atoms with Crippen LogP contribution in [0.25, 0.3) is 0 Å². The number of aromatic hydroxyl groups is 7. The first-order valence-corrected chi connectivity index (χ1v) is 37.4. The van der Waals surface area contributed by atoms with Crippen molar-refractivity contribution in [1.29, 1.82) is 0 Å². The Bertz CT molecular complexity index is 5350. The van der Waals surface area contributed by atoms with Crippen molar-refractivity contribution in [1.82, 2.24) is 69.2 Å². The molecule has 0 spiro atoms. The van der Waals surface area contributed by atoms with Gasteiger partial charge in [-0.2, -0.15) is 0 Å². The van der Waals surface area contributed by atoms with Gasteiger partial charge in [0, 0.05) is 175 Å². The molecule has 0 radical (unpaired) electrons. The van der Waals surface area contributed by atoms with Crippen LogP contribution in [0, 0.1) is 55.4 Å². The summed E-state index contributed by atoms with van der Waals surface area (Å²) in [6, 6.07) is 2.95. The van der Waals surface area contributed by atoms with E-state index in [9.17, 15) is 103 Å². The fourth-order valence-corrected chi connectivity index (χ4v) is 13.6. The van der Waals surface area contributed by atoms with Crippen LogP contribution in [0.1, 0.15) is 212 Å². The van der Waals surface area contributed by atoms with E-state index in [1.807, 2.05) is 27.7 Å². The van der Waals surface area contributed by atoms with Gasteiger partial charge in [-0.3, -0.25) is 71.7 Å². The summed E-state index contributed by atoms with van der Waals surface area (Å²) in [5.41, 5.74) is 3.83. The molecule has 7 amide bonds. The van der Waals surface area contributed by atoms with E-state index in [0.717, 1.165) is 87.0 Å². The first-order chi connectivity index (χ1) is 54.2. The molecule has 115 heavy (non-hydrogen) atoms. The van der Waals surface area contributed by atoms with Gasteiger partial charge in [-0.05, 0) is 147 Å². The van der Waals surface area contributed by atoms with Gasteiger partial charge in [-0.15, -0.1) is 0 Å². The molecule has 0 bridgehead atoms. The highest BCUT2D eigenvalue weighted by molar-refractivity contribution is 6.00. The lowest BCUT2D eigenvalue weighted by Gasteiger charge is -2.22. The van der Waals surface area contributed by atoms with Crippen molar-refractivity contribution in [2.45, 2.75) is 193 Å². The molecule has 0 atom stereocenters. The number of aryl methyl sites for hydroxylation is 2. The number of ether oxygens (including phenoxy) is 1. The predicted octanol–water partition coefficient (Wildman–Crippen LogP) is 3.02. The van der Waals surface area contributed by atoms with Gasteiger partial charge >= 0.3 is 0 Å². The Kier molecular flexibility index (Phi) is 33.0. The third-order valence-corrected chi connectivity index (χ3v) is 20.4. The van der Waals surface area contributed by atoms with Gasteiger partial charge in [0.25, 0.3) is 80.3 Å². The van der Waals surface area contributed by atoms with Gasteiger partial charge in [-0.25, -0.2) is 0 Å². The minimum Gasteiger partial charge on any atom is -0.507 e. The highest BCUT2D eigenvalue weighted by Crippen LogP contribution is 2.30. The third-order valence-electron chi connectivity index (χ3n) is 20.4. The summed E-state index contributed by atoms with van der Waals surface area (Å²) in [4.78, 5) is 165. The number of aromatic nitrogens is 7. The molecule has 4 aliphatic heterocycles. The van der Waals surface area contributed by atoms with E-state index >= 15 is 0 Å². The maximum absolute atomic E-state index is 12.1. The molecule has 11 heterocycles. The monoisotopic (exact) mass is 1600 g/mol. The van der Waals surface area contributed by atoms with Gasteiger partial charge in [0.15, 0.2) is 0 Å². The number of fused-ring (bicyclic) bond motifs is 4. The number of carbonyl (C=O) groups is 7. The number of nitrogens with zero attached hydrogens (tertiary/aromatic N) is 7. The lowest BCUT2D eigenvalue weighted by atomic mass is 10.0. The van der Waals surface area contributed by atoms with Crippen molar-refractivity contribution < 1.29 is 74.0 Å². The van der Waals surface area contributed by atoms with Crippen LogP contribution in [-0.4, -0.2) is 165 Å². The molecular formula is C79H108N14O22. The summed E-state index contributed by atoms with van der Waals surface area (Å²) in [5, 5.41) is 85.2. The Labute approximate surface area is 662 Å². The average molecular weight is 1610 g/mol. The van der Waals surface area contributed by atoms with Crippen molar-refractivity contribution in [3.8, 4) is 40.2 Å². The Morgan fingerprint density at radius 1 is 0.357 bits per heavy atom. The number of hydrogen-bond donors (Lipinski definition) is 14. The maximum atomic E-state index is 12.1. The minimum atomic E-state index is -0.606. The van der Waals surface area contributed by atoms with Crippen LogP contribution in [0.4, 0.5) is 0 Å². The molecule has 36 heteroatoms. The number of hydrogen-bond acceptors (Lipinski definition) is 22. The molecule has 11 rings (SSSR count). The Balaban J connectivity index is 0.000000240. The molecule has 14 N–H and O–H groups in total. The maximum Gasteiger partial charge on any atom is 0.269 e. The van der Waals surface area contributed by atoms with Crippen LogP contribution in [0.2, 0.25) is 0 Å². The summed E-state index contributed by atoms with van der Waals surface area (Å²) < 4.78 is 15.8. The highest BCUT2D eigenvalue weighted by atomic mass is 16.5. The molecule has 0 saturated heterocycles. The van der Waals surface area contributed by atoms with E-state index in [2.05, 4.69) is 37.2 Å². The van der Waals surface area contributed by atoms with Crippen LogP contribution in [0.5, 0.6) is 40.2 Å². The van der Waals surface area contributed by atoms with Crippen molar-refractivity contribution >= 4 is 41.4 Å². The second kappa shape index (κ2) is 40.8. The number of carbonyl (C=O) groups excluding carboxylic acids is 7. The Hall–Kier alpha value is -12.5. The molecule has 7 aromatic heterocycles. The zero-order valence-corrected chi connectivity index (χ0v) is 68.6. The summed E-state index contributed by atoms with van der Waals surface area (Å²) in [7, 11) is 10.0. The molecule has 0 unspecified atom stereocenters. The van der Waals surface area contributed by atoms with Crippen molar-refractivity contribution in [2.75, 3.05) is 55.9 Å². The van der Waals surface area contributed by atoms with Crippen LogP contribution >= 0.6 is 0 Å². The van der Waals surface area contributed by atoms with Gasteiger partial charge in [-0.1, -0.05) is 0 Å². The average Bonchev–Trinajstić information content (AvgIpc) is 1.61. The van der Waals surface area contributed by atoms with Crippen molar-refractivity contribution in [3.05, 3.63) is 191 Å². The highest BCUT2D eigenvalue weighted by Gasteiger charge is 2.30. The number of rotatable bonds is 12. The smallest absolute Gasteiger partial charge is 0.269 e. The minimum absolute atomic E-state index is 0.0618. The molecule has 0 fully saturated rings. The van der Waals surface area contributed by atoms with E-state index in [4.69, 9.17) is 4.74 Å². The number of amides is 7. The molecular weight excluding hydrogens is 1500 g/mol. The molecule has 0 saturated carbocycles. The fraction of sp³-hybridized carbons (Fsp3) is 0.468. The van der Waals surface area contributed by atoms with Gasteiger partial charge in [0.05, 0.1) is 0 Å². The van der Waals surface area contributed by atoms with E-state index in [0.29, 0.717) is 84.2 Å². The zero-order chi connectivity index (χ0) is 86.8. The van der Waals surface area contributed by atoms with Gasteiger partial charge < -0.3 is 105 Å². The summed E-state index contributed by atoms with van der Waals surface area (Å²) in [6.45, 7) is 24.5. The summed E-state index contributed by atoms with van der Waals surface area (Å²) in [6.07, 6.45) is 8.77. The fourth-order valence-electron chi connectivity index (χ4n) is 13.6. The van der Waals surface area contributed by atoms with Crippen LogP contribution in [-0.2, 0) is 69.9 Å². The molecule has 36 nitrogen and oxygen atoms in total. The van der Waals surface area contributed by atoms with E-state index in [1.165, 1.54) is 75.2 Å². The molecule has 626 valence electrons. The predicted molar refractivity (Wildman–Crippen MR) is 428 cm³/mol. The third kappa shape index (κ3) is 19.8. The van der Waals surface area contributed by atoms with Crippen LogP contribution in [0.15, 0.2) is 45.7 Å². The first-order valence-electron chi connectivity index (χ1n) is 37.4. The van der Waals surface area contributed by atoms with E-state index in [1.54, 1.807) is 73.7 Å². The largest absolute Gasteiger partial charge is 0.507 e. The summed E-state index contributed by atoms with van der Waals surface area (Å²) >= 11 is 0. The molecule has 4 aliphatic rings. The Morgan fingerprint density at radius 2 is 0.635 bits per heavy atom. The van der Waals surface area contributed by atoms with Crippen LogP contribution in [0.3, 0.4) is 0 Å². The second-order valence-electron chi connectivity index (χ2n) is 27.4. The molecule has 0 aromatic carbocycles. The topological polar surface area (TPSA) is 509 Å². The van der Waals surface area contributed by atoms with Gasteiger partial charge in [0.1, 0.15) is 85.9 Å². The lowest BCUT2D eigenvalue weighted by Crippen LogP contribution is -2.35. The van der Waals surface area contributed by atoms with E-state index in [-0.39, 0.29) is 97.5 Å². The number of nitrogens with one attached hydrogen (secondary N) is 7. The summed E-state index contributed by atoms with van der Waals surface area (Å²) in [5.74, 6) is -5.43. The lowest BCUT2D eigenvalue weighted by molar-refractivity contribution is 0.0825. The quantitative estimate of drug-likeness (QED) is 0.0836. The Morgan fingerprint density at radius 3 is 1.01 bits per heavy atom. The molecule has 0 aliphatic carbocycles. The standard InChI is InChI=1S/C12H18N2O4.C12H16N2O3.C12H18N2O3.2C11H14N2O3.C11H16N2O3.C10H12N2O3/c1-5-18-6-14-8(3)7(2)10(15)9(12(14)17)11(16)13-4;1-7-8-5-3-4-6-14(8)12(17)9(10(7)15)11(16)13-2;1-6(2)14-8(4)7(3)10(15)9(12(14)17)11(16)13-5;1-6-7-4-3-5-13(7)11(16)8(9(6)14)10(15)12-2;1-12-10(15)9-8(14)6-7-4-2-3-5-13(7)11(9)16;1-5-13-7(3)6(2)9(14)8(11(13)16)10(15)12-4;1-11-9(14)8-7(13)5-6-3-2-4-12(6)10(8)15/h15H,5-6H2,1-4H3,(H,13,16);15H,3-6H2,1-2H3,(H,13,16);6,15H,1-5H3,(H,13,16);14H,3-5H2,1-2H3,(H,12,15);6,14H,2-5H2,1H3,(H,12,15);14H,5H2,1-4H3,(H,12,15);5,13H,2-4H2,1H3,(H,11,14). The SMILES string of the molecule is CCOCn1c(C)c(C)c(O)c(C(=O)NC)c1=O.CCn1c(C)c(C)c(O)c(C(=O)NC)c1=O.CNC(=O)c1c(O)c(C)c(C)n(C(C)C)c1=O.CNC(=O)c1c(O)c(C)c2n(c1=O)CCC2.CNC(=O)c1c(O)c(C)c2n(c1=O)CCCC2.CNC(=O)c1c(O)cc2n(c1=O)CCC2.CNC(=O)c1c(O)cc2n(c1=O)CCCC2. The van der Waals surface area contributed by atoms with E-state index < -0.39 is 74.7 Å². The number of pyridine rings is 7.